The highest BCUT2D eigenvalue weighted by molar-refractivity contribution is 5.41. The van der Waals surface area contributed by atoms with Gasteiger partial charge in [0.2, 0.25) is 0 Å². The second kappa shape index (κ2) is 9.02. The van der Waals surface area contributed by atoms with Gasteiger partial charge in [0.05, 0.1) is 19.3 Å². The molecule has 2 aromatic carbocycles. The van der Waals surface area contributed by atoms with Crippen LogP contribution in [0.4, 0.5) is 35.1 Å². The zero-order chi connectivity index (χ0) is 23.6. The first kappa shape index (κ1) is 24.9. The van der Waals surface area contributed by atoms with Crippen LogP contribution in [0.3, 0.4) is 0 Å². The van der Waals surface area contributed by atoms with Gasteiger partial charge >= 0.3 is 6.18 Å². The summed E-state index contributed by atoms with van der Waals surface area (Å²) in [6, 6.07) is 5.08. The molecule has 31 heavy (non-hydrogen) atoms. The monoisotopic (exact) mass is 456 g/mol. The van der Waals surface area contributed by atoms with E-state index in [0.717, 1.165) is 37.3 Å². The van der Waals surface area contributed by atoms with Gasteiger partial charge in [-0.3, -0.25) is 4.39 Å². The van der Waals surface area contributed by atoms with Gasteiger partial charge in [0, 0.05) is 17.4 Å². The molecule has 0 aliphatic rings. The van der Waals surface area contributed by atoms with Crippen LogP contribution in [0.1, 0.15) is 30.0 Å². The first-order valence-electron chi connectivity index (χ1n) is 9.02. The Morgan fingerprint density at radius 1 is 1.03 bits per heavy atom. The molecule has 0 radical (unpaired) electrons. The molecule has 2 unspecified atom stereocenters. The molecule has 0 saturated heterocycles. The Labute approximate surface area is 173 Å². The fraction of sp³-hybridized carbons (Fsp3) is 0.429. The predicted octanol–water partition coefficient (Wildman–Crippen LogP) is 5.85. The first-order chi connectivity index (χ1) is 14.3. The van der Waals surface area contributed by atoms with E-state index in [1.807, 2.05) is 0 Å². The third kappa shape index (κ3) is 5.28. The van der Waals surface area contributed by atoms with Crippen molar-refractivity contribution in [1.29, 1.82) is 0 Å². The van der Waals surface area contributed by atoms with Gasteiger partial charge in [0.25, 0.3) is 6.43 Å². The third-order valence-corrected chi connectivity index (χ3v) is 5.09. The Hall–Kier alpha value is -2.36. The number of benzene rings is 2. The Bertz CT molecular complexity index is 915. The van der Waals surface area contributed by atoms with E-state index in [1.165, 1.54) is 7.11 Å². The van der Waals surface area contributed by atoms with Gasteiger partial charge in [0.1, 0.15) is 23.0 Å². The summed E-state index contributed by atoms with van der Waals surface area (Å²) >= 11 is 0. The van der Waals surface area contributed by atoms with Gasteiger partial charge < -0.3 is 9.84 Å². The maximum atomic E-state index is 14.4. The number of ether oxygens (including phenoxy) is 1. The van der Waals surface area contributed by atoms with Gasteiger partial charge in [-0.2, -0.15) is 13.2 Å². The Balaban J connectivity index is 2.51. The van der Waals surface area contributed by atoms with Crippen LogP contribution < -0.4 is 4.74 Å². The highest BCUT2D eigenvalue weighted by Gasteiger charge is 2.47. The van der Waals surface area contributed by atoms with Crippen LogP contribution in [-0.2, 0) is 18.0 Å². The van der Waals surface area contributed by atoms with E-state index in [1.54, 1.807) is 0 Å². The van der Waals surface area contributed by atoms with Crippen LogP contribution in [0, 0.1) is 11.6 Å². The van der Waals surface area contributed by atoms with E-state index in [0.29, 0.717) is 6.07 Å². The lowest BCUT2D eigenvalue weighted by molar-refractivity contribution is -0.140. The number of hydrogen-bond acceptors (Lipinski definition) is 2. The predicted molar refractivity (Wildman–Crippen MR) is 97.0 cm³/mol. The van der Waals surface area contributed by atoms with Crippen LogP contribution in [0.5, 0.6) is 5.75 Å². The SMILES string of the molecule is COc1ccc(F)cc1C(C)(CF)CC(O)(Cc1cccc(C(F)(F)F)c1F)C(F)F. The van der Waals surface area contributed by atoms with E-state index in [-0.39, 0.29) is 11.3 Å². The van der Waals surface area contributed by atoms with Crippen LogP contribution >= 0.6 is 0 Å². The Morgan fingerprint density at radius 3 is 2.19 bits per heavy atom. The molecule has 172 valence electrons. The second-order valence-electron chi connectivity index (χ2n) is 7.57. The molecule has 0 heterocycles. The largest absolute Gasteiger partial charge is 0.496 e. The van der Waals surface area contributed by atoms with Crippen LogP contribution in [-0.4, -0.2) is 30.9 Å². The second-order valence-corrected chi connectivity index (χ2v) is 7.57. The molecular formula is C21H20F8O2. The summed E-state index contributed by atoms with van der Waals surface area (Å²) in [5.41, 5.74) is -7.70. The molecule has 0 bridgehead atoms. The standard InChI is InChI=1S/C21H20F8O2/c1-19(11-22,15-8-13(23)6-7-16(15)31-2)10-20(30,18(25)26)9-12-4-3-5-14(17(12)24)21(27,28)29/h3-8,18,30H,9-11H2,1-2H3. The summed E-state index contributed by atoms with van der Waals surface area (Å²) in [5.74, 6) is -2.66. The molecule has 1 N–H and O–H groups in total. The van der Waals surface area contributed by atoms with Crippen molar-refractivity contribution in [3.05, 3.63) is 64.7 Å². The maximum absolute atomic E-state index is 14.4. The van der Waals surface area contributed by atoms with Crippen LogP contribution in [0.15, 0.2) is 36.4 Å². The fourth-order valence-electron chi connectivity index (χ4n) is 3.52. The van der Waals surface area contributed by atoms with Crippen molar-refractivity contribution in [2.75, 3.05) is 13.8 Å². The van der Waals surface area contributed by atoms with E-state index >= 15 is 0 Å². The number of hydrogen-bond donors (Lipinski definition) is 1. The summed E-state index contributed by atoms with van der Waals surface area (Å²) in [6.45, 7) is -0.215. The number of aliphatic hydroxyl groups is 1. The third-order valence-electron chi connectivity index (χ3n) is 5.09. The molecule has 2 aromatic rings. The van der Waals surface area contributed by atoms with Gasteiger partial charge in [-0.05, 0) is 36.2 Å². The molecule has 0 fully saturated rings. The minimum Gasteiger partial charge on any atom is -0.496 e. The normalized spacial score (nSPS) is 16.1. The quantitative estimate of drug-likeness (QED) is 0.505. The van der Waals surface area contributed by atoms with Crippen LogP contribution in [0.2, 0.25) is 0 Å². The Morgan fingerprint density at radius 2 is 1.68 bits per heavy atom. The average molecular weight is 456 g/mol. The lowest BCUT2D eigenvalue weighted by Crippen LogP contribution is -2.47. The summed E-state index contributed by atoms with van der Waals surface area (Å²) in [4.78, 5) is 0. The average Bonchev–Trinajstić information content (AvgIpc) is 2.68. The molecule has 0 spiro atoms. The van der Waals surface area contributed by atoms with Crippen LogP contribution in [0.25, 0.3) is 0 Å². The minimum absolute atomic E-state index is 0.0385. The molecule has 2 atom stereocenters. The van der Waals surface area contributed by atoms with Gasteiger partial charge in [-0.15, -0.1) is 0 Å². The van der Waals surface area contributed by atoms with E-state index < -0.39 is 65.9 Å². The Kier molecular flexibility index (Phi) is 7.24. The minimum atomic E-state index is -5.08. The molecular weight excluding hydrogens is 436 g/mol. The topological polar surface area (TPSA) is 29.5 Å². The van der Waals surface area contributed by atoms with Crippen molar-refractivity contribution in [2.45, 2.75) is 43.4 Å². The lowest BCUT2D eigenvalue weighted by Gasteiger charge is -2.37. The van der Waals surface area contributed by atoms with Gasteiger partial charge in [0.15, 0.2) is 0 Å². The maximum Gasteiger partial charge on any atom is 0.419 e. The number of rotatable bonds is 8. The number of halogens is 8. The van der Waals surface area contributed by atoms with E-state index in [9.17, 15) is 40.2 Å². The zero-order valence-corrected chi connectivity index (χ0v) is 16.5. The molecule has 0 aromatic heterocycles. The smallest absolute Gasteiger partial charge is 0.419 e. The number of alkyl halides is 6. The van der Waals surface area contributed by atoms with Crippen molar-refractivity contribution in [1.82, 2.24) is 0 Å². The van der Waals surface area contributed by atoms with Crippen molar-refractivity contribution < 1.29 is 45.0 Å². The summed E-state index contributed by atoms with van der Waals surface area (Å²) in [7, 11) is 1.19. The fourth-order valence-corrected chi connectivity index (χ4v) is 3.52. The first-order valence-corrected chi connectivity index (χ1v) is 9.02. The molecule has 10 heteroatoms. The van der Waals surface area contributed by atoms with Crippen molar-refractivity contribution in [2.24, 2.45) is 0 Å². The van der Waals surface area contributed by atoms with Crippen molar-refractivity contribution in [3.63, 3.8) is 0 Å². The highest BCUT2D eigenvalue weighted by atomic mass is 19.4. The summed E-state index contributed by atoms with van der Waals surface area (Å²) in [6.07, 6.45) is -10.9. The molecule has 2 rings (SSSR count). The summed E-state index contributed by atoms with van der Waals surface area (Å²) < 4.78 is 114. The molecule has 0 aliphatic carbocycles. The lowest BCUT2D eigenvalue weighted by atomic mass is 9.72. The highest BCUT2D eigenvalue weighted by Crippen LogP contribution is 2.42. The van der Waals surface area contributed by atoms with Crippen molar-refractivity contribution in [3.8, 4) is 5.75 Å². The number of methoxy groups -OCH3 is 1. The summed E-state index contributed by atoms with van der Waals surface area (Å²) in [5, 5.41) is 10.6. The van der Waals surface area contributed by atoms with Gasteiger partial charge in [-0.25, -0.2) is 17.6 Å². The molecule has 2 nitrogen and oxygen atoms in total. The zero-order valence-electron chi connectivity index (χ0n) is 16.5. The van der Waals surface area contributed by atoms with Gasteiger partial charge in [-0.1, -0.05) is 19.1 Å². The molecule has 0 aliphatic heterocycles. The molecule has 0 amide bonds. The van der Waals surface area contributed by atoms with E-state index in [4.69, 9.17) is 4.74 Å². The van der Waals surface area contributed by atoms with Crippen molar-refractivity contribution >= 4 is 0 Å². The molecule has 0 saturated carbocycles. The van der Waals surface area contributed by atoms with E-state index in [2.05, 4.69) is 0 Å².